The van der Waals surface area contributed by atoms with Crippen LogP contribution in [0.2, 0.25) is 0 Å². The molecule has 2 heterocycles. The van der Waals surface area contributed by atoms with Crippen molar-refractivity contribution in [2.24, 2.45) is 4.99 Å². The highest BCUT2D eigenvalue weighted by molar-refractivity contribution is 7.07. The lowest BCUT2D eigenvalue weighted by Gasteiger charge is -2.09. The second kappa shape index (κ2) is 8.62. The van der Waals surface area contributed by atoms with E-state index in [0.29, 0.717) is 30.2 Å². The number of aliphatic hydroxyl groups is 1. The molecule has 1 aliphatic heterocycles. The van der Waals surface area contributed by atoms with E-state index in [1.807, 2.05) is 28.1 Å². The second-order valence-electron chi connectivity index (χ2n) is 6.18. The van der Waals surface area contributed by atoms with E-state index in [1.165, 1.54) is 23.5 Å². The molecule has 0 saturated heterocycles. The molecular weight excluding hydrogens is 402 g/mol. The van der Waals surface area contributed by atoms with Gasteiger partial charge in [-0.2, -0.15) is 8.78 Å². The molecule has 0 radical (unpaired) electrons. The van der Waals surface area contributed by atoms with E-state index in [9.17, 15) is 13.9 Å². The molecule has 0 bridgehead atoms. The van der Waals surface area contributed by atoms with Gasteiger partial charge in [0.1, 0.15) is 5.75 Å². The number of fused-ring (bicyclic) bond motifs is 1. The highest BCUT2D eigenvalue weighted by Gasteiger charge is 2.16. The molecule has 1 aliphatic rings. The van der Waals surface area contributed by atoms with Crippen LogP contribution in [0.15, 0.2) is 52.8 Å². The van der Waals surface area contributed by atoms with Gasteiger partial charge in [0.2, 0.25) is 6.79 Å². The maximum Gasteiger partial charge on any atom is 0.387 e. The Kier molecular flexibility index (Phi) is 5.77. The molecule has 2 aromatic carbocycles. The summed E-state index contributed by atoms with van der Waals surface area (Å²) in [4.78, 5) is 5.36. The summed E-state index contributed by atoms with van der Waals surface area (Å²) in [7, 11) is 0. The van der Waals surface area contributed by atoms with Crippen LogP contribution in [0.25, 0.3) is 11.3 Å². The minimum absolute atomic E-state index is 0.0581. The smallest absolute Gasteiger partial charge is 0.387 e. The molecule has 0 amide bonds. The zero-order chi connectivity index (χ0) is 20.2. The van der Waals surface area contributed by atoms with E-state index in [-0.39, 0.29) is 19.1 Å². The first kappa shape index (κ1) is 19.4. The topological polar surface area (TPSA) is 65.2 Å². The highest BCUT2D eigenvalue weighted by atomic mass is 32.1. The van der Waals surface area contributed by atoms with Crippen molar-refractivity contribution in [2.45, 2.75) is 19.6 Å². The van der Waals surface area contributed by atoms with E-state index >= 15 is 0 Å². The normalized spacial score (nSPS) is 13.3. The maximum absolute atomic E-state index is 12.3. The third-order valence-corrected chi connectivity index (χ3v) is 5.16. The van der Waals surface area contributed by atoms with Crippen molar-refractivity contribution in [1.82, 2.24) is 4.57 Å². The van der Waals surface area contributed by atoms with Crippen LogP contribution in [0.5, 0.6) is 17.2 Å². The van der Waals surface area contributed by atoms with Crippen LogP contribution >= 0.6 is 11.3 Å². The molecule has 152 valence electrons. The molecular formula is C20H18F2N2O4S. The Morgan fingerprint density at radius 1 is 1.14 bits per heavy atom. The lowest BCUT2D eigenvalue weighted by Crippen LogP contribution is -2.16. The van der Waals surface area contributed by atoms with E-state index in [0.717, 1.165) is 16.1 Å². The van der Waals surface area contributed by atoms with Gasteiger partial charge in [-0.15, -0.1) is 11.3 Å². The Balaban J connectivity index is 1.69. The minimum Gasteiger partial charge on any atom is -0.454 e. The average molecular weight is 420 g/mol. The van der Waals surface area contributed by atoms with Gasteiger partial charge in [0.15, 0.2) is 16.3 Å². The Morgan fingerprint density at radius 2 is 1.93 bits per heavy atom. The fourth-order valence-corrected chi connectivity index (χ4v) is 3.92. The van der Waals surface area contributed by atoms with Gasteiger partial charge in [-0.3, -0.25) is 0 Å². The standard InChI is InChI=1S/C20H18F2N2O4S/c21-19(22)28-15-5-3-14(4-6-15)23-20-24(8-1-9-25)16(11-29-20)13-2-7-17-18(10-13)27-12-26-17/h2-7,10-11,19,25H,1,8-9,12H2. The van der Waals surface area contributed by atoms with Crippen molar-refractivity contribution >= 4 is 17.0 Å². The number of rotatable bonds is 7. The molecule has 6 nitrogen and oxygen atoms in total. The number of aromatic nitrogens is 1. The largest absolute Gasteiger partial charge is 0.454 e. The zero-order valence-corrected chi connectivity index (χ0v) is 16.1. The van der Waals surface area contributed by atoms with Gasteiger partial charge in [0, 0.05) is 24.1 Å². The summed E-state index contributed by atoms with van der Waals surface area (Å²) < 4.78 is 41.8. The average Bonchev–Trinajstić information content (AvgIpc) is 3.33. The fraction of sp³-hybridized carbons (Fsp3) is 0.250. The van der Waals surface area contributed by atoms with Crippen molar-refractivity contribution in [3.05, 3.63) is 52.6 Å². The second-order valence-corrected chi connectivity index (χ2v) is 7.02. The number of halogens is 2. The first-order valence-electron chi connectivity index (χ1n) is 8.93. The SMILES string of the molecule is OCCCn1c(-c2ccc3c(c2)OCO3)csc1=Nc1ccc(OC(F)F)cc1. The van der Waals surface area contributed by atoms with Gasteiger partial charge < -0.3 is 23.9 Å². The quantitative estimate of drug-likeness (QED) is 0.623. The van der Waals surface area contributed by atoms with Crippen LogP contribution < -0.4 is 19.0 Å². The molecule has 1 N–H and O–H groups in total. The fourth-order valence-electron chi connectivity index (χ4n) is 2.96. The number of benzene rings is 2. The number of thiazole rings is 1. The first-order valence-corrected chi connectivity index (χ1v) is 9.81. The van der Waals surface area contributed by atoms with E-state index in [2.05, 4.69) is 9.73 Å². The predicted octanol–water partition coefficient (Wildman–Crippen LogP) is 4.16. The number of hydrogen-bond donors (Lipinski definition) is 1. The molecule has 0 saturated carbocycles. The predicted molar refractivity (Wildman–Crippen MR) is 104 cm³/mol. The van der Waals surface area contributed by atoms with Gasteiger partial charge in [0.05, 0.1) is 11.4 Å². The summed E-state index contributed by atoms with van der Waals surface area (Å²) in [5.41, 5.74) is 2.51. The van der Waals surface area contributed by atoms with Crippen LogP contribution in [0.3, 0.4) is 0 Å². The summed E-state index contributed by atoms with van der Waals surface area (Å²) in [6.07, 6.45) is 0.572. The van der Waals surface area contributed by atoms with Crippen molar-refractivity contribution in [2.75, 3.05) is 13.4 Å². The lowest BCUT2D eigenvalue weighted by molar-refractivity contribution is -0.0498. The number of alkyl halides is 2. The maximum atomic E-state index is 12.3. The van der Waals surface area contributed by atoms with Gasteiger partial charge in [-0.25, -0.2) is 4.99 Å². The molecule has 0 atom stereocenters. The van der Waals surface area contributed by atoms with Gasteiger partial charge in [-0.1, -0.05) is 0 Å². The van der Waals surface area contributed by atoms with Gasteiger partial charge >= 0.3 is 6.61 Å². The number of aliphatic hydroxyl groups excluding tert-OH is 1. The Morgan fingerprint density at radius 3 is 2.69 bits per heavy atom. The van der Waals surface area contributed by atoms with Crippen LogP contribution in [0, 0.1) is 0 Å². The Hall–Kier alpha value is -2.91. The summed E-state index contributed by atoms with van der Waals surface area (Å²) in [5.74, 6) is 1.48. The minimum atomic E-state index is -2.86. The summed E-state index contributed by atoms with van der Waals surface area (Å²) in [6.45, 7) is -2.02. The van der Waals surface area contributed by atoms with Crippen molar-refractivity contribution < 1.29 is 28.1 Å². The van der Waals surface area contributed by atoms with Gasteiger partial charge in [0.25, 0.3) is 0 Å². The van der Waals surface area contributed by atoms with E-state index in [4.69, 9.17) is 9.47 Å². The summed E-state index contributed by atoms with van der Waals surface area (Å²) in [6, 6.07) is 11.9. The number of nitrogens with zero attached hydrogens (tertiary/aromatic N) is 2. The first-order chi connectivity index (χ1) is 14.1. The highest BCUT2D eigenvalue weighted by Crippen LogP contribution is 2.36. The van der Waals surface area contributed by atoms with Crippen LogP contribution in [0.4, 0.5) is 14.5 Å². The molecule has 4 rings (SSSR count). The van der Waals surface area contributed by atoms with E-state index in [1.54, 1.807) is 12.1 Å². The van der Waals surface area contributed by atoms with Crippen LogP contribution in [-0.2, 0) is 6.54 Å². The molecule has 0 fully saturated rings. The molecule has 3 aromatic rings. The number of hydrogen-bond acceptors (Lipinski definition) is 6. The molecule has 29 heavy (non-hydrogen) atoms. The van der Waals surface area contributed by atoms with Crippen LogP contribution in [-0.4, -0.2) is 29.7 Å². The lowest BCUT2D eigenvalue weighted by atomic mass is 10.1. The third-order valence-electron chi connectivity index (χ3n) is 4.29. The Bertz CT molecular complexity index is 1050. The monoisotopic (exact) mass is 420 g/mol. The molecule has 1 aromatic heterocycles. The molecule has 0 unspecified atom stereocenters. The van der Waals surface area contributed by atoms with Gasteiger partial charge in [-0.05, 0) is 48.9 Å². The summed E-state index contributed by atoms with van der Waals surface area (Å²) >= 11 is 1.46. The summed E-state index contributed by atoms with van der Waals surface area (Å²) in [5, 5.41) is 11.3. The van der Waals surface area contributed by atoms with Crippen molar-refractivity contribution in [3.63, 3.8) is 0 Å². The number of ether oxygens (including phenoxy) is 3. The van der Waals surface area contributed by atoms with E-state index < -0.39 is 6.61 Å². The molecule has 0 spiro atoms. The van der Waals surface area contributed by atoms with Crippen molar-refractivity contribution in [1.29, 1.82) is 0 Å². The molecule has 9 heteroatoms. The Labute approximate surface area is 169 Å². The van der Waals surface area contributed by atoms with Crippen molar-refractivity contribution in [3.8, 4) is 28.5 Å². The third kappa shape index (κ3) is 4.41. The zero-order valence-electron chi connectivity index (χ0n) is 15.3. The van der Waals surface area contributed by atoms with Crippen LogP contribution in [0.1, 0.15) is 6.42 Å². The molecule has 0 aliphatic carbocycles.